The van der Waals surface area contributed by atoms with Gasteiger partial charge in [0.2, 0.25) is 0 Å². The second-order valence-corrected chi connectivity index (χ2v) is 8.33. The topological polar surface area (TPSA) is 71.5 Å². The number of nitrogens with one attached hydrogen (secondary N) is 1. The molecule has 2 heterocycles. The summed E-state index contributed by atoms with van der Waals surface area (Å²) in [6.07, 6.45) is 0. The van der Waals surface area contributed by atoms with E-state index < -0.39 is 0 Å². The molecule has 1 N–H and O–H groups in total. The van der Waals surface area contributed by atoms with E-state index in [1.54, 1.807) is 29.2 Å². The van der Waals surface area contributed by atoms with Crippen LogP contribution in [-0.4, -0.2) is 48.0 Å². The fraction of sp³-hybridized carbons (Fsp3) is 0.179. The molecule has 34 heavy (non-hydrogen) atoms. The second-order valence-electron chi connectivity index (χ2n) is 8.33. The van der Waals surface area contributed by atoms with E-state index in [0.717, 1.165) is 27.7 Å². The van der Waals surface area contributed by atoms with Crippen molar-refractivity contribution in [3.8, 4) is 11.3 Å². The molecular weight excluding hydrogens is 426 g/mol. The first kappa shape index (κ1) is 21.8. The Kier molecular flexibility index (Phi) is 6.06. The molecule has 0 atom stereocenters. The van der Waals surface area contributed by atoms with E-state index in [9.17, 15) is 9.59 Å². The number of aromatic nitrogens is 1. The van der Waals surface area contributed by atoms with Gasteiger partial charge in [0, 0.05) is 35.3 Å². The zero-order chi connectivity index (χ0) is 23.5. The average Bonchev–Trinajstić information content (AvgIpc) is 2.89. The van der Waals surface area contributed by atoms with Crippen LogP contribution in [0.3, 0.4) is 0 Å². The highest BCUT2D eigenvalue weighted by Gasteiger charge is 2.19. The number of amides is 2. The molecule has 0 unspecified atom stereocenters. The molecule has 0 saturated carbocycles. The largest absolute Gasteiger partial charge is 0.378 e. The van der Waals surface area contributed by atoms with Gasteiger partial charge >= 0.3 is 0 Å². The Morgan fingerprint density at radius 1 is 0.912 bits per heavy atom. The van der Waals surface area contributed by atoms with E-state index in [1.165, 1.54) is 0 Å². The first-order valence-corrected chi connectivity index (χ1v) is 11.3. The Labute approximate surface area is 198 Å². The Morgan fingerprint density at radius 2 is 1.65 bits per heavy atom. The molecule has 1 aliphatic heterocycles. The van der Waals surface area contributed by atoms with E-state index in [2.05, 4.69) is 5.32 Å². The smallest absolute Gasteiger partial charge is 0.256 e. The van der Waals surface area contributed by atoms with Crippen LogP contribution in [-0.2, 0) is 4.74 Å². The number of para-hydroxylation sites is 1. The molecule has 3 aromatic carbocycles. The third kappa shape index (κ3) is 4.40. The van der Waals surface area contributed by atoms with E-state index in [1.807, 2.05) is 61.5 Å². The molecule has 0 spiro atoms. The van der Waals surface area contributed by atoms with Crippen molar-refractivity contribution in [2.45, 2.75) is 6.92 Å². The van der Waals surface area contributed by atoms with Gasteiger partial charge in [0.1, 0.15) is 0 Å². The highest BCUT2D eigenvalue weighted by Crippen LogP contribution is 2.27. The number of pyridine rings is 1. The van der Waals surface area contributed by atoms with Crippen molar-refractivity contribution in [1.82, 2.24) is 9.88 Å². The maximum atomic E-state index is 13.4. The summed E-state index contributed by atoms with van der Waals surface area (Å²) in [5.74, 6) is -0.244. The summed E-state index contributed by atoms with van der Waals surface area (Å²) in [6, 6.07) is 24.5. The monoisotopic (exact) mass is 451 g/mol. The molecule has 6 nitrogen and oxygen atoms in total. The molecule has 0 radical (unpaired) electrons. The van der Waals surface area contributed by atoms with E-state index in [0.29, 0.717) is 43.1 Å². The lowest BCUT2D eigenvalue weighted by molar-refractivity contribution is 0.0303. The molecular formula is C28H25N3O3. The van der Waals surface area contributed by atoms with Gasteiger partial charge in [0.15, 0.2) is 0 Å². The molecule has 6 heteroatoms. The SMILES string of the molecule is Cc1cccc2c(C(=O)Nc3ccc(C(=O)N4CCOCC4)cc3)cc(-c3ccccc3)nc12. The minimum atomic E-state index is -0.220. The van der Waals surface area contributed by atoms with Crippen molar-refractivity contribution in [2.75, 3.05) is 31.6 Å². The van der Waals surface area contributed by atoms with Crippen LogP contribution in [0.4, 0.5) is 5.69 Å². The number of morpholine rings is 1. The molecule has 1 aromatic heterocycles. The number of ether oxygens (including phenoxy) is 1. The first-order chi connectivity index (χ1) is 16.6. The maximum Gasteiger partial charge on any atom is 0.256 e. The molecule has 2 amide bonds. The van der Waals surface area contributed by atoms with Gasteiger partial charge in [-0.15, -0.1) is 0 Å². The number of anilines is 1. The fourth-order valence-electron chi connectivity index (χ4n) is 4.18. The molecule has 4 aromatic rings. The zero-order valence-corrected chi connectivity index (χ0v) is 19.0. The number of aryl methyl sites for hydroxylation is 1. The Hall–Kier alpha value is -4.03. The second kappa shape index (κ2) is 9.45. The number of carbonyl (C=O) groups excluding carboxylic acids is 2. The zero-order valence-electron chi connectivity index (χ0n) is 19.0. The fourth-order valence-corrected chi connectivity index (χ4v) is 4.18. The van der Waals surface area contributed by atoms with E-state index in [-0.39, 0.29) is 11.8 Å². The van der Waals surface area contributed by atoms with Crippen molar-refractivity contribution < 1.29 is 14.3 Å². The van der Waals surface area contributed by atoms with Gasteiger partial charge in [-0.3, -0.25) is 9.59 Å². The summed E-state index contributed by atoms with van der Waals surface area (Å²) in [7, 11) is 0. The van der Waals surface area contributed by atoms with Gasteiger partial charge < -0.3 is 15.0 Å². The van der Waals surface area contributed by atoms with Crippen LogP contribution in [0.15, 0.2) is 78.9 Å². The summed E-state index contributed by atoms with van der Waals surface area (Å²) in [6.45, 7) is 4.30. The summed E-state index contributed by atoms with van der Waals surface area (Å²) in [5.41, 5.74) is 5.29. The van der Waals surface area contributed by atoms with Crippen molar-refractivity contribution in [3.05, 3.63) is 95.6 Å². The predicted octanol–water partition coefficient (Wildman–Crippen LogP) is 4.93. The molecule has 5 rings (SSSR count). The molecule has 0 bridgehead atoms. The van der Waals surface area contributed by atoms with Crippen molar-refractivity contribution in [2.24, 2.45) is 0 Å². The molecule has 1 fully saturated rings. The lowest BCUT2D eigenvalue weighted by atomic mass is 10.0. The van der Waals surface area contributed by atoms with Crippen LogP contribution in [0.25, 0.3) is 22.2 Å². The Bertz CT molecular complexity index is 1340. The van der Waals surface area contributed by atoms with Crippen LogP contribution < -0.4 is 5.32 Å². The Balaban J connectivity index is 1.43. The van der Waals surface area contributed by atoms with Crippen LogP contribution in [0, 0.1) is 6.92 Å². The normalized spacial score (nSPS) is 13.6. The minimum Gasteiger partial charge on any atom is -0.378 e. The number of hydrogen-bond acceptors (Lipinski definition) is 4. The number of nitrogens with zero attached hydrogens (tertiary/aromatic N) is 2. The number of fused-ring (bicyclic) bond motifs is 1. The third-order valence-corrected chi connectivity index (χ3v) is 6.04. The minimum absolute atomic E-state index is 0.0238. The lowest BCUT2D eigenvalue weighted by Gasteiger charge is -2.26. The van der Waals surface area contributed by atoms with Gasteiger partial charge in [-0.05, 0) is 42.8 Å². The van der Waals surface area contributed by atoms with Gasteiger partial charge in [-0.1, -0.05) is 48.5 Å². The van der Waals surface area contributed by atoms with Crippen molar-refractivity contribution >= 4 is 28.4 Å². The Morgan fingerprint density at radius 3 is 2.38 bits per heavy atom. The quantitative estimate of drug-likeness (QED) is 0.477. The first-order valence-electron chi connectivity index (χ1n) is 11.3. The van der Waals surface area contributed by atoms with Gasteiger partial charge in [0.05, 0.1) is 30.0 Å². The number of rotatable bonds is 4. The number of hydrogen-bond donors (Lipinski definition) is 1. The summed E-state index contributed by atoms with van der Waals surface area (Å²) >= 11 is 0. The summed E-state index contributed by atoms with van der Waals surface area (Å²) < 4.78 is 5.32. The molecule has 170 valence electrons. The lowest BCUT2D eigenvalue weighted by Crippen LogP contribution is -2.40. The highest BCUT2D eigenvalue weighted by atomic mass is 16.5. The van der Waals surface area contributed by atoms with Crippen molar-refractivity contribution in [3.63, 3.8) is 0 Å². The van der Waals surface area contributed by atoms with Crippen LogP contribution in [0.5, 0.6) is 0 Å². The number of benzene rings is 3. The van der Waals surface area contributed by atoms with E-state index in [4.69, 9.17) is 9.72 Å². The van der Waals surface area contributed by atoms with Crippen molar-refractivity contribution in [1.29, 1.82) is 0 Å². The molecule has 1 aliphatic rings. The van der Waals surface area contributed by atoms with Gasteiger partial charge in [-0.2, -0.15) is 0 Å². The number of carbonyl (C=O) groups is 2. The van der Waals surface area contributed by atoms with Crippen LogP contribution in [0.2, 0.25) is 0 Å². The maximum absolute atomic E-state index is 13.4. The standard InChI is InChI=1S/C28H25N3O3/c1-19-6-5-9-23-24(18-25(30-26(19)23)20-7-3-2-4-8-20)27(32)29-22-12-10-21(11-13-22)28(33)31-14-16-34-17-15-31/h2-13,18H,14-17H2,1H3,(H,29,32). The van der Waals surface area contributed by atoms with Gasteiger partial charge in [0.25, 0.3) is 11.8 Å². The van der Waals surface area contributed by atoms with Crippen LogP contribution in [0.1, 0.15) is 26.3 Å². The summed E-state index contributed by atoms with van der Waals surface area (Å²) in [4.78, 5) is 32.7. The summed E-state index contributed by atoms with van der Waals surface area (Å²) in [5, 5.41) is 3.78. The molecule has 0 aliphatic carbocycles. The average molecular weight is 452 g/mol. The van der Waals surface area contributed by atoms with Crippen LogP contribution >= 0.6 is 0 Å². The van der Waals surface area contributed by atoms with Gasteiger partial charge in [-0.25, -0.2) is 4.98 Å². The van der Waals surface area contributed by atoms with E-state index >= 15 is 0 Å². The predicted molar refractivity (Wildman–Crippen MR) is 133 cm³/mol. The highest BCUT2D eigenvalue weighted by molar-refractivity contribution is 6.13. The third-order valence-electron chi connectivity index (χ3n) is 6.04. The molecule has 1 saturated heterocycles.